The first kappa shape index (κ1) is 17.6. The number of hydrogen-bond donors (Lipinski definition) is 2. The fraction of sp³-hybridized carbons (Fsp3) is 0.500. The Kier molecular flexibility index (Phi) is 6.32. The molecule has 0 heterocycles. The minimum atomic E-state index is -3.59. The van der Waals surface area contributed by atoms with E-state index in [0.717, 1.165) is 5.56 Å². The van der Waals surface area contributed by atoms with Crippen LogP contribution < -0.4 is 10.0 Å². The van der Waals surface area contributed by atoms with E-state index in [-0.39, 0.29) is 10.8 Å². The van der Waals surface area contributed by atoms with E-state index in [0.29, 0.717) is 30.7 Å². The van der Waals surface area contributed by atoms with Crippen molar-refractivity contribution in [2.45, 2.75) is 25.2 Å². The Balaban J connectivity index is 3.02. The van der Waals surface area contributed by atoms with E-state index in [1.807, 2.05) is 0 Å². The topological polar surface area (TPSA) is 84.5 Å². The van der Waals surface area contributed by atoms with Gasteiger partial charge in [0, 0.05) is 25.8 Å². The lowest BCUT2D eigenvalue weighted by atomic mass is 10.1. The summed E-state index contributed by atoms with van der Waals surface area (Å²) < 4.78 is 31.2. The molecule has 21 heavy (non-hydrogen) atoms. The lowest BCUT2D eigenvalue weighted by molar-refractivity contribution is 0.0948. The second-order valence-corrected chi connectivity index (χ2v) is 6.58. The molecule has 0 fully saturated rings. The van der Waals surface area contributed by atoms with Gasteiger partial charge in [-0.1, -0.05) is 0 Å². The van der Waals surface area contributed by atoms with E-state index in [2.05, 4.69) is 10.0 Å². The molecular formula is C14H22N2O4S. The number of sulfonamides is 1. The van der Waals surface area contributed by atoms with Gasteiger partial charge in [0.05, 0.1) is 4.90 Å². The lowest BCUT2D eigenvalue weighted by Crippen LogP contribution is -2.26. The number of hydrogen-bond acceptors (Lipinski definition) is 4. The molecule has 0 aliphatic heterocycles. The van der Waals surface area contributed by atoms with Gasteiger partial charge in [0.15, 0.2) is 0 Å². The molecule has 6 nitrogen and oxygen atoms in total. The number of ether oxygens (including phenoxy) is 1. The molecule has 0 saturated carbocycles. The van der Waals surface area contributed by atoms with Crippen LogP contribution in [0.5, 0.6) is 0 Å². The highest BCUT2D eigenvalue weighted by atomic mass is 32.2. The van der Waals surface area contributed by atoms with Gasteiger partial charge in [0.25, 0.3) is 5.91 Å². The van der Waals surface area contributed by atoms with Crippen LogP contribution in [-0.2, 0) is 14.8 Å². The van der Waals surface area contributed by atoms with Gasteiger partial charge in [-0.15, -0.1) is 0 Å². The molecule has 7 heteroatoms. The number of carbonyl (C=O) groups excluding carboxylic acids is 1. The Morgan fingerprint density at radius 1 is 1.29 bits per heavy atom. The van der Waals surface area contributed by atoms with Gasteiger partial charge in [-0.2, -0.15) is 0 Å². The van der Waals surface area contributed by atoms with Crippen molar-refractivity contribution in [1.29, 1.82) is 0 Å². The van der Waals surface area contributed by atoms with Crippen LogP contribution in [0.3, 0.4) is 0 Å². The van der Waals surface area contributed by atoms with Crippen molar-refractivity contribution in [3.05, 3.63) is 28.8 Å². The smallest absolute Gasteiger partial charge is 0.251 e. The highest BCUT2D eigenvalue weighted by Gasteiger charge is 2.19. The molecule has 2 N–H and O–H groups in total. The number of carbonyl (C=O) groups is 1. The van der Waals surface area contributed by atoms with Crippen LogP contribution in [0.4, 0.5) is 0 Å². The van der Waals surface area contributed by atoms with Gasteiger partial charge < -0.3 is 10.1 Å². The number of aryl methyl sites for hydroxylation is 1. The standard InChI is InChI=1S/C14H22N2O4S/c1-10-8-12(14(17)16-6-5-7-20-4)9-13(11(10)2)21(18,19)15-3/h8-9,15H,5-7H2,1-4H3,(H,16,17). The molecule has 0 bridgehead atoms. The summed E-state index contributed by atoms with van der Waals surface area (Å²) in [6.45, 7) is 4.55. The molecule has 0 saturated heterocycles. The number of rotatable bonds is 7. The monoisotopic (exact) mass is 314 g/mol. The first-order valence-corrected chi connectivity index (χ1v) is 8.13. The molecule has 0 aromatic heterocycles. The van der Waals surface area contributed by atoms with Gasteiger partial charge in [-0.05, 0) is 50.6 Å². The summed E-state index contributed by atoms with van der Waals surface area (Å²) in [6.07, 6.45) is 0.703. The second kappa shape index (κ2) is 7.53. The van der Waals surface area contributed by atoms with Crippen LogP contribution in [0.1, 0.15) is 27.9 Å². The molecule has 118 valence electrons. The Morgan fingerprint density at radius 2 is 1.95 bits per heavy atom. The first-order valence-electron chi connectivity index (χ1n) is 6.65. The average molecular weight is 314 g/mol. The fourth-order valence-corrected chi connectivity index (χ4v) is 2.93. The molecule has 0 aliphatic rings. The van der Waals surface area contributed by atoms with Gasteiger partial charge in [-0.3, -0.25) is 4.79 Å². The van der Waals surface area contributed by atoms with Crippen LogP contribution in [0.2, 0.25) is 0 Å². The quantitative estimate of drug-likeness (QED) is 0.735. The highest BCUT2D eigenvalue weighted by molar-refractivity contribution is 7.89. The van der Waals surface area contributed by atoms with Crippen LogP contribution in [-0.4, -0.2) is 41.6 Å². The van der Waals surface area contributed by atoms with E-state index < -0.39 is 10.0 Å². The Bertz CT molecular complexity index is 612. The van der Waals surface area contributed by atoms with Crippen molar-refractivity contribution in [2.24, 2.45) is 0 Å². The predicted octanol–water partition coefficient (Wildman–Crippen LogP) is 0.978. The van der Waals surface area contributed by atoms with Gasteiger partial charge in [0.1, 0.15) is 0 Å². The largest absolute Gasteiger partial charge is 0.385 e. The molecular weight excluding hydrogens is 292 g/mol. The number of benzene rings is 1. The normalized spacial score (nSPS) is 11.4. The zero-order chi connectivity index (χ0) is 16.0. The van der Waals surface area contributed by atoms with Crippen molar-refractivity contribution < 1.29 is 17.9 Å². The zero-order valence-electron chi connectivity index (χ0n) is 12.8. The van der Waals surface area contributed by atoms with E-state index >= 15 is 0 Å². The average Bonchev–Trinajstić information content (AvgIpc) is 2.45. The summed E-state index contributed by atoms with van der Waals surface area (Å²) in [5, 5.41) is 2.74. The zero-order valence-corrected chi connectivity index (χ0v) is 13.6. The van der Waals surface area contributed by atoms with E-state index in [9.17, 15) is 13.2 Å². The van der Waals surface area contributed by atoms with Gasteiger partial charge in [0.2, 0.25) is 10.0 Å². The molecule has 1 rings (SSSR count). The van der Waals surface area contributed by atoms with Crippen molar-refractivity contribution in [3.63, 3.8) is 0 Å². The third kappa shape index (κ3) is 4.52. The van der Waals surface area contributed by atoms with Crippen molar-refractivity contribution in [3.8, 4) is 0 Å². The summed E-state index contributed by atoms with van der Waals surface area (Å²) in [4.78, 5) is 12.2. The molecule has 1 amide bonds. The van der Waals surface area contributed by atoms with Gasteiger partial charge >= 0.3 is 0 Å². The Labute approximate surface area is 125 Å². The maximum absolute atomic E-state index is 12.1. The molecule has 0 radical (unpaired) electrons. The van der Waals surface area contributed by atoms with Crippen LogP contribution in [0.15, 0.2) is 17.0 Å². The van der Waals surface area contributed by atoms with E-state index in [1.54, 1.807) is 27.0 Å². The SMILES string of the molecule is CNS(=O)(=O)c1cc(C(=O)NCCCOC)cc(C)c1C. The van der Waals surface area contributed by atoms with E-state index in [4.69, 9.17) is 4.74 Å². The van der Waals surface area contributed by atoms with Crippen molar-refractivity contribution in [2.75, 3.05) is 27.3 Å². The number of amides is 1. The Hall–Kier alpha value is -1.44. The van der Waals surface area contributed by atoms with Crippen molar-refractivity contribution in [1.82, 2.24) is 10.0 Å². The maximum Gasteiger partial charge on any atom is 0.251 e. The van der Waals surface area contributed by atoms with Crippen LogP contribution >= 0.6 is 0 Å². The highest BCUT2D eigenvalue weighted by Crippen LogP contribution is 2.20. The predicted molar refractivity (Wildman–Crippen MR) is 81.0 cm³/mol. The summed E-state index contributed by atoms with van der Waals surface area (Å²) in [5.41, 5.74) is 1.73. The fourth-order valence-electron chi connectivity index (χ4n) is 1.87. The Morgan fingerprint density at radius 3 is 2.52 bits per heavy atom. The summed E-state index contributed by atoms with van der Waals surface area (Å²) in [5.74, 6) is -0.290. The second-order valence-electron chi connectivity index (χ2n) is 4.73. The van der Waals surface area contributed by atoms with Crippen molar-refractivity contribution >= 4 is 15.9 Å². The summed E-state index contributed by atoms with van der Waals surface area (Å²) in [7, 11) is -0.640. The third-order valence-electron chi connectivity index (χ3n) is 3.25. The molecule has 0 atom stereocenters. The van der Waals surface area contributed by atoms with E-state index in [1.165, 1.54) is 13.1 Å². The van der Waals surface area contributed by atoms with Crippen LogP contribution in [0.25, 0.3) is 0 Å². The van der Waals surface area contributed by atoms with Crippen LogP contribution in [0, 0.1) is 13.8 Å². The first-order chi connectivity index (χ1) is 9.83. The minimum Gasteiger partial charge on any atom is -0.385 e. The maximum atomic E-state index is 12.1. The van der Waals surface area contributed by atoms with Gasteiger partial charge in [-0.25, -0.2) is 13.1 Å². The lowest BCUT2D eigenvalue weighted by Gasteiger charge is -2.12. The minimum absolute atomic E-state index is 0.132. The molecule has 0 aliphatic carbocycles. The number of methoxy groups -OCH3 is 1. The molecule has 1 aromatic carbocycles. The molecule has 0 unspecified atom stereocenters. The molecule has 1 aromatic rings. The molecule has 0 spiro atoms. The number of nitrogens with one attached hydrogen (secondary N) is 2. The summed E-state index contributed by atoms with van der Waals surface area (Å²) in [6, 6.07) is 3.09. The third-order valence-corrected chi connectivity index (χ3v) is 4.79. The summed E-state index contributed by atoms with van der Waals surface area (Å²) >= 11 is 0.